The minimum absolute atomic E-state index is 0.0144. The molecule has 1 aromatic heterocycles. The first-order valence-electron chi connectivity index (χ1n) is 9.24. The normalized spacial score (nSPS) is 15.8. The molecule has 2 heterocycles. The van der Waals surface area contributed by atoms with E-state index < -0.39 is 6.04 Å². The molecule has 2 aromatic carbocycles. The van der Waals surface area contributed by atoms with Crippen molar-refractivity contribution >= 4 is 23.5 Å². The van der Waals surface area contributed by atoms with Gasteiger partial charge in [0.1, 0.15) is 6.04 Å². The van der Waals surface area contributed by atoms with Gasteiger partial charge < -0.3 is 5.32 Å². The molecule has 7 nitrogen and oxygen atoms in total. The lowest BCUT2D eigenvalue weighted by Crippen LogP contribution is -2.36. The third-order valence-corrected chi connectivity index (χ3v) is 4.74. The summed E-state index contributed by atoms with van der Waals surface area (Å²) in [7, 11) is 0. The number of benzene rings is 2. The van der Waals surface area contributed by atoms with Crippen molar-refractivity contribution in [1.29, 1.82) is 0 Å². The molecular weight excluding hydrogens is 354 g/mol. The molecule has 2 amide bonds. The monoisotopic (exact) mass is 375 g/mol. The second-order valence-corrected chi connectivity index (χ2v) is 7.10. The van der Waals surface area contributed by atoms with Gasteiger partial charge in [0, 0.05) is 11.3 Å². The Bertz CT molecular complexity index is 1010. The van der Waals surface area contributed by atoms with Crippen molar-refractivity contribution < 1.29 is 9.59 Å². The Kier molecular flexibility index (Phi) is 4.65. The van der Waals surface area contributed by atoms with E-state index in [2.05, 4.69) is 34.6 Å². The molecule has 2 N–H and O–H groups in total. The summed E-state index contributed by atoms with van der Waals surface area (Å²) < 4.78 is 1.49. The third-order valence-electron chi connectivity index (χ3n) is 4.74. The topological polar surface area (TPSA) is 88.9 Å². The lowest BCUT2D eigenvalue weighted by molar-refractivity contribution is -0.125. The maximum atomic E-state index is 12.9. The molecule has 0 unspecified atom stereocenters. The predicted octanol–water partition coefficient (Wildman–Crippen LogP) is 3.59. The summed E-state index contributed by atoms with van der Waals surface area (Å²) in [5, 5.41) is 10.0. The third kappa shape index (κ3) is 3.51. The SMILES string of the molecule is CC(C)c1ccc(NC(=O)[C@@H]2CC(=O)Nc3nc(-c4ccccc4)nn32)cc1. The van der Waals surface area contributed by atoms with E-state index in [0.717, 1.165) is 5.56 Å². The first-order chi connectivity index (χ1) is 13.5. The van der Waals surface area contributed by atoms with Crippen molar-refractivity contribution in [3.63, 3.8) is 0 Å². The second-order valence-electron chi connectivity index (χ2n) is 7.10. The van der Waals surface area contributed by atoms with E-state index in [1.165, 1.54) is 10.2 Å². The summed E-state index contributed by atoms with van der Waals surface area (Å²) in [6.07, 6.45) is 0.0144. The molecule has 28 heavy (non-hydrogen) atoms. The average molecular weight is 375 g/mol. The van der Waals surface area contributed by atoms with E-state index in [4.69, 9.17) is 0 Å². The number of amides is 2. The quantitative estimate of drug-likeness (QED) is 0.729. The highest BCUT2D eigenvalue weighted by Crippen LogP contribution is 2.27. The number of nitrogens with zero attached hydrogens (tertiary/aromatic N) is 3. The van der Waals surface area contributed by atoms with Crippen molar-refractivity contribution in [1.82, 2.24) is 14.8 Å². The number of carbonyl (C=O) groups excluding carboxylic acids is 2. The van der Waals surface area contributed by atoms with Crippen LogP contribution in [0.3, 0.4) is 0 Å². The molecule has 1 aliphatic rings. The zero-order valence-corrected chi connectivity index (χ0v) is 15.7. The fraction of sp³-hybridized carbons (Fsp3) is 0.238. The molecule has 142 valence electrons. The van der Waals surface area contributed by atoms with Crippen molar-refractivity contribution in [2.75, 3.05) is 10.6 Å². The van der Waals surface area contributed by atoms with E-state index in [9.17, 15) is 9.59 Å². The highest BCUT2D eigenvalue weighted by atomic mass is 16.2. The Balaban J connectivity index is 1.59. The molecule has 7 heteroatoms. The van der Waals surface area contributed by atoms with Crippen LogP contribution in [-0.2, 0) is 9.59 Å². The summed E-state index contributed by atoms with van der Waals surface area (Å²) in [5.74, 6) is 0.621. The number of rotatable bonds is 4. The number of hydrogen-bond acceptors (Lipinski definition) is 4. The van der Waals surface area contributed by atoms with Crippen LogP contribution in [0.25, 0.3) is 11.4 Å². The fourth-order valence-corrected chi connectivity index (χ4v) is 3.15. The second kappa shape index (κ2) is 7.26. The van der Waals surface area contributed by atoms with Crippen LogP contribution in [0.5, 0.6) is 0 Å². The van der Waals surface area contributed by atoms with E-state index in [0.29, 0.717) is 17.4 Å². The van der Waals surface area contributed by atoms with Crippen molar-refractivity contribution in [3.05, 3.63) is 60.2 Å². The van der Waals surface area contributed by atoms with Crippen LogP contribution in [0.4, 0.5) is 11.6 Å². The van der Waals surface area contributed by atoms with Gasteiger partial charge in [-0.15, -0.1) is 5.10 Å². The zero-order valence-electron chi connectivity index (χ0n) is 15.7. The van der Waals surface area contributed by atoms with Gasteiger partial charge in [-0.25, -0.2) is 4.68 Å². The summed E-state index contributed by atoms with van der Waals surface area (Å²) >= 11 is 0. The van der Waals surface area contributed by atoms with Gasteiger partial charge >= 0.3 is 0 Å². The first kappa shape index (κ1) is 17.9. The maximum Gasteiger partial charge on any atom is 0.249 e. The summed E-state index contributed by atoms with van der Waals surface area (Å²) in [6.45, 7) is 4.23. The number of hydrogen-bond donors (Lipinski definition) is 2. The Labute approximate surface area is 162 Å². The molecule has 3 aromatic rings. The van der Waals surface area contributed by atoms with E-state index in [-0.39, 0.29) is 24.2 Å². The first-order valence-corrected chi connectivity index (χ1v) is 9.24. The van der Waals surface area contributed by atoms with Crippen molar-refractivity contribution in [2.45, 2.75) is 32.2 Å². The van der Waals surface area contributed by atoms with Crippen LogP contribution in [-0.4, -0.2) is 26.6 Å². The molecule has 0 bridgehead atoms. The van der Waals surface area contributed by atoms with Gasteiger partial charge in [-0.05, 0) is 23.6 Å². The van der Waals surface area contributed by atoms with Crippen LogP contribution >= 0.6 is 0 Å². The zero-order chi connectivity index (χ0) is 19.7. The molecule has 0 spiro atoms. The van der Waals surface area contributed by atoms with E-state index >= 15 is 0 Å². The molecule has 1 aliphatic heterocycles. The average Bonchev–Trinajstić information content (AvgIpc) is 3.12. The predicted molar refractivity (Wildman–Crippen MR) is 107 cm³/mol. The van der Waals surface area contributed by atoms with Crippen LogP contribution in [0, 0.1) is 0 Å². The number of fused-ring (bicyclic) bond motifs is 1. The molecule has 0 saturated heterocycles. The van der Waals surface area contributed by atoms with Gasteiger partial charge in [0.05, 0.1) is 6.42 Å². The van der Waals surface area contributed by atoms with Crippen molar-refractivity contribution in [3.8, 4) is 11.4 Å². The molecular formula is C21H21N5O2. The Hall–Kier alpha value is -3.48. The number of carbonyl (C=O) groups is 2. The summed E-state index contributed by atoms with van der Waals surface area (Å²) in [6, 6.07) is 16.4. The largest absolute Gasteiger partial charge is 0.324 e. The maximum absolute atomic E-state index is 12.9. The molecule has 0 saturated carbocycles. The van der Waals surface area contributed by atoms with E-state index in [1.807, 2.05) is 54.6 Å². The standard InChI is InChI=1S/C21H21N5O2/c1-13(2)14-8-10-16(11-9-14)22-20(28)17-12-18(27)23-21-24-19(25-26(17)21)15-6-4-3-5-7-15/h3-11,13,17H,12H2,1-2H3,(H,22,28)(H,23,24,25,27)/t17-/m0/s1. The molecule has 1 atom stereocenters. The fourth-order valence-electron chi connectivity index (χ4n) is 3.15. The minimum Gasteiger partial charge on any atom is -0.324 e. The smallest absolute Gasteiger partial charge is 0.249 e. The van der Waals surface area contributed by atoms with Gasteiger partial charge in [-0.2, -0.15) is 4.98 Å². The van der Waals surface area contributed by atoms with Gasteiger partial charge in [0.25, 0.3) is 0 Å². The molecule has 4 rings (SSSR count). The number of aromatic nitrogens is 3. The Morgan fingerprint density at radius 3 is 2.54 bits per heavy atom. The van der Waals surface area contributed by atoms with Gasteiger partial charge in [0.15, 0.2) is 5.82 Å². The lowest BCUT2D eigenvalue weighted by Gasteiger charge is -2.22. The lowest BCUT2D eigenvalue weighted by atomic mass is 10.0. The van der Waals surface area contributed by atoms with Crippen LogP contribution in [0.2, 0.25) is 0 Å². The summed E-state index contributed by atoms with van der Waals surface area (Å²) in [5.41, 5.74) is 2.70. The van der Waals surface area contributed by atoms with Crippen LogP contribution < -0.4 is 10.6 Å². The Morgan fingerprint density at radius 1 is 1.14 bits per heavy atom. The molecule has 0 radical (unpaired) electrons. The van der Waals surface area contributed by atoms with Crippen molar-refractivity contribution in [2.24, 2.45) is 0 Å². The van der Waals surface area contributed by atoms with Gasteiger partial charge in [0.2, 0.25) is 17.8 Å². The number of anilines is 2. The highest BCUT2D eigenvalue weighted by Gasteiger charge is 2.33. The number of nitrogens with one attached hydrogen (secondary N) is 2. The van der Waals surface area contributed by atoms with E-state index in [1.54, 1.807) is 0 Å². The Morgan fingerprint density at radius 2 is 1.86 bits per heavy atom. The molecule has 0 aliphatic carbocycles. The van der Waals surface area contributed by atoms with Gasteiger partial charge in [-0.3, -0.25) is 14.9 Å². The van der Waals surface area contributed by atoms with Crippen LogP contribution in [0.1, 0.15) is 37.8 Å². The summed E-state index contributed by atoms with van der Waals surface area (Å²) in [4.78, 5) is 29.3. The minimum atomic E-state index is -0.751. The highest BCUT2D eigenvalue weighted by molar-refractivity contribution is 6.00. The van der Waals surface area contributed by atoms with Crippen LogP contribution in [0.15, 0.2) is 54.6 Å². The van der Waals surface area contributed by atoms with Gasteiger partial charge in [-0.1, -0.05) is 56.3 Å². The molecule has 0 fully saturated rings.